The maximum Gasteiger partial charge on any atom is 0.347 e. The fourth-order valence-corrected chi connectivity index (χ4v) is 3.73. The van der Waals surface area contributed by atoms with Gasteiger partial charge in [0, 0.05) is 27.9 Å². The average Bonchev–Trinajstić information content (AvgIpc) is 3.22. The first-order valence-electron chi connectivity index (χ1n) is 9.09. The molecule has 3 rings (SSSR count). The second-order valence-corrected chi connectivity index (χ2v) is 7.65. The molecule has 1 aliphatic heterocycles. The summed E-state index contributed by atoms with van der Waals surface area (Å²) in [6.07, 6.45) is 0.528. The minimum Gasteiger partial charge on any atom is -0.463 e. The standard InChI is InChI=1S/C20H19ClFN3O4S/c1-4-28-19(26)11(3)29-20(27)15-10(2)24-17(18-23-7-8-30-18)25-16(15)13-6-5-12(22)9-14(13)21/h5-9,11,16H,4H2,1-3H3,(H,24,25)/t11-,16+/m1/s1. The number of halogens is 2. The molecule has 1 aromatic carbocycles. The van der Waals surface area contributed by atoms with Crippen molar-refractivity contribution in [3.8, 4) is 0 Å². The Hall–Kier alpha value is -2.78. The molecule has 1 N–H and O–H groups in total. The summed E-state index contributed by atoms with van der Waals surface area (Å²) in [5, 5.41) is 5.57. The number of nitrogens with zero attached hydrogens (tertiary/aromatic N) is 2. The number of nitrogens with one attached hydrogen (secondary N) is 1. The third-order valence-corrected chi connectivity index (χ3v) is 5.36. The maximum atomic E-state index is 13.6. The fourth-order valence-electron chi connectivity index (χ4n) is 2.87. The zero-order valence-corrected chi connectivity index (χ0v) is 18.0. The third-order valence-electron chi connectivity index (χ3n) is 4.26. The Morgan fingerprint density at radius 1 is 1.40 bits per heavy atom. The van der Waals surface area contributed by atoms with Crippen LogP contribution in [0.25, 0.3) is 0 Å². The van der Waals surface area contributed by atoms with E-state index < -0.39 is 29.9 Å². The van der Waals surface area contributed by atoms with E-state index in [4.69, 9.17) is 21.1 Å². The lowest BCUT2D eigenvalue weighted by Crippen LogP contribution is -2.35. The van der Waals surface area contributed by atoms with Gasteiger partial charge in [0.05, 0.1) is 12.2 Å². The molecule has 2 heterocycles. The number of benzene rings is 1. The predicted octanol–water partition coefficient (Wildman–Crippen LogP) is 3.80. The van der Waals surface area contributed by atoms with Gasteiger partial charge in [0.1, 0.15) is 11.9 Å². The third kappa shape index (κ3) is 4.68. The molecule has 0 saturated heterocycles. The molecule has 0 fully saturated rings. The molecule has 0 unspecified atom stereocenters. The second-order valence-electron chi connectivity index (χ2n) is 6.35. The fraction of sp³-hybridized carbons (Fsp3) is 0.300. The van der Waals surface area contributed by atoms with E-state index in [-0.39, 0.29) is 17.2 Å². The van der Waals surface area contributed by atoms with Gasteiger partial charge in [-0.3, -0.25) is 4.99 Å². The van der Waals surface area contributed by atoms with Gasteiger partial charge in [-0.15, -0.1) is 11.3 Å². The normalized spacial score (nSPS) is 17.1. The minimum atomic E-state index is -1.11. The van der Waals surface area contributed by atoms with Crippen LogP contribution in [0.1, 0.15) is 37.4 Å². The number of allylic oxidation sites excluding steroid dienone is 1. The van der Waals surface area contributed by atoms with Gasteiger partial charge >= 0.3 is 11.9 Å². The Morgan fingerprint density at radius 2 is 2.17 bits per heavy atom. The topological polar surface area (TPSA) is 89.9 Å². The lowest BCUT2D eigenvalue weighted by atomic mass is 9.96. The van der Waals surface area contributed by atoms with Gasteiger partial charge in [0.2, 0.25) is 0 Å². The highest BCUT2D eigenvalue weighted by Crippen LogP contribution is 2.36. The summed E-state index contributed by atoms with van der Waals surface area (Å²) in [6.45, 7) is 4.93. The van der Waals surface area contributed by atoms with Crippen LogP contribution in [0.4, 0.5) is 4.39 Å². The second kappa shape index (κ2) is 9.36. The van der Waals surface area contributed by atoms with Crippen LogP contribution in [0.5, 0.6) is 0 Å². The van der Waals surface area contributed by atoms with E-state index in [0.29, 0.717) is 22.1 Å². The van der Waals surface area contributed by atoms with Crippen LogP contribution < -0.4 is 5.32 Å². The molecule has 30 heavy (non-hydrogen) atoms. The van der Waals surface area contributed by atoms with Crippen molar-refractivity contribution in [1.82, 2.24) is 10.3 Å². The zero-order valence-electron chi connectivity index (χ0n) is 16.4. The highest BCUT2D eigenvalue weighted by Gasteiger charge is 2.34. The number of ether oxygens (including phenoxy) is 2. The van der Waals surface area contributed by atoms with E-state index in [2.05, 4.69) is 15.3 Å². The van der Waals surface area contributed by atoms with Crippen molar-refractivity contribution in [3.63, 3.8) is 0 Å². The van der Waals surface area contributed by atoms with Crippen LogP contribution in [0, 0.1) is 5.82 Å². The first-order valence-corrected chi connectivity index (χ1v) is 10.4. The summed E-state index contributed by atoms with van der Waals surface area (Å²) in [4.78, 5) is 33.7. The van der Waals surface area contributed by atoms with Crippen molar-refractivity contribution in [1.29, 1.82) is 0 Å². The molecular formula is C20H19ClFN3O4S. The molecule has 158 valence electrons. The monoisotopic (exact) mass is 451 g/mol. The van der Waals surface area contributed by atoms with Gasteiger partial charge in [-0.2, -0.15) is 0 Å². The number of esters is 2. The van der Waals surface area contributed by atoms with Crippen LogP contribution in [0.2, 0.25) is 5.02 Å². The molecular weight excluding hydrogens is 433 g/mol. The number of hydrogen-bond donors (Lipinski definition) is 1. The molecule has 10 heteroatoms. The number of rotatable bonds is 6. The zero-order chi connectivity index (χ0) is 21.8. The van der Waals surface area contributed by atoms with Crippen LogP contribution in [-0.4, -0.2) is 35.5 Å². The molecule has 0 radical (unpaired) electrons. The number of carbonyl (C=O) groups is 2. The van der Waals surface area contributed by atoms with Gasteiger partial charge in [-0.05, 0) is 32.9 Å². The van der Waals surface area contributed by atoms with Gasteiger partial charge in [-0.25, -0.2) is 19.0 Å². The summed E-state index contributed by atoms with van der Waals surface area (Å²) in [5.74, 6) is -1.48. The van der Waals surface area contributed by atoms with Crippen LogP contribution in [0.3, 0.4) is 0 Å². The number of amidine groups is 1. The smallest absolute Gasteiger partial charge is 0.347 e. The highest BCUT2D eigenvalue weighted by atomic mass is 35.5. The Bertz CT molecular complexity index is 1020. The Kier molecular flexibility index (Phi) is 6.84. The van der Waals surface area contributed by atoms with E-state index in [0.717, 1.165) is 6.07 Å². The predicted molar refractivity (Wildman–Crippen MR) is 111 cm³/mol. The summed E-state index contributed by atoms with van der Waals surface area (Å²) < 4.78 is 23.8. The van der Waals surface area contributed by atoms with Crippen molar-refractivity contribution in [2.45, 2.75) is 32.9 Å². The lowest BCUT2D eigenvalue weighted by Gasteiger charge is -2.26. The number of hydrogen-bond acceptors (Lipinski definition) is 8. The molecule has 0 amide bonds. The first-order chi connectivity index (χ1) is 14.3. The molecule has 0 saturated carbocycles. The molecule has 2 aromatic rings. The molecule has 1 aliphatic rings. The van der Waals surface area contributed by atoms with Crippen LogP contribution in [-0.2, 0) is 19.1 Å². The number of thiazole rings is 1. The van der Waals surface area contributed by atoms with Crippen molar-refractivity contribution in [3.05, 3.63) is 62.5 Å². The van der Waals surface area contributed by atoms with Crippen LogP contribution >= 0.6 is 22.9 Å². The Balaban J connectivity index is 2.00. The van der Waals surface area contributed by atoms with Gasteiger partial charge in [-0.1, -0.05) is 17.7 Å². The molecule has 1 aromatic heterocycles. The maximum absolute atomic E-state index is 13.6. The van der Waals surface area contributed by atoms with Crippen molar-refractivity contribution >= 4 is 40.7 Å². The van der Waals surface area contributed by atoms with Crippen molar-refractivity contribution in [2.75, 3.05) is 6.61 Å². The Labute approximate surface area is 181 Å². The van der Waals surface area contributed by atoms with E-state index in [1.807, 2.05) is 0 Å². The average molecular weight is 452 g/mol. The summed E-state index contributed by atoms with van der Waals surface area (Å²) in [6, 6.07) is 2.98. The lowest BCUT2D eigenvalue weighted by molar-refractivity contribution is -0.164. The van der Waals surface area contributed by atoms with E-state index in [9.17, 15) is 14.0 Å². The Morgan fingerprint density at radius 3 is 2.80 bits per heavy atom. The quantitative estimate of drug-likeness (QED) is 0.672. The number of aliphatic imine (C=N–C) groups is 1. The van der Waals surface area contributed by atoms with Gasteiger partial charge < -0.3 is 14.8 Å². The molecule has 0 bridgehead atoms. The summed E-state index contributed by atoms with van der Waals surface area (Å²) >= 11 is 7.63. The summed E-state index contributed by atoms with van der Waals surface area (Å²) in [7, 11) is 0. The van der Waals surface area contributed by atoms with E-state index in [1.165, 1.54) is 30.4 Å². The molecule has 2 atom stereocenters. The molecule has 0 aliphatic carbocycles. The van der Waals surface area contributed by atoms with E-state index in [1.54, 1.807) is 25.4 Å². The minimum absolute atomic E-state index is 0.112. The summed E-state index contributed by atoms with van der Waals surface area (Å²) in [5.41, 5.74) is 1.03. The van der Waals surface area contributed by atoms with E-state index >= 15 is 0 Å². The van der Waals surface area contributed by atoms with Crippen LogP contribution in [0.15, 0.2) is 46.0 Å². The largest absolute Gasteiger partial charge is 0.463 e. The number of carbonyl (C=O) groups excluding carboxylic acids is 2. The van der Waals surface area contributed by atoms with Crippen molar-refractivity contribution in [2.24, 2.45) is 4.99 Å². The molecule has 0 spiro atoms. The van der Waals surface area contributed by atoms with Gasteiger partial charge in [0.25, 0.3) is 0 Å². The number of aromatic nitrogens is 1. The highest BCUT2D eigenvalue weighted by molar-refractivity contribution is 7.11. The van der Waals surface area contributed by atoms with Gasteiger partial charge in [0.15, 0.2) is 16.9 Å². The first kappa shape index (κ1) is 21.9. The SMILES string of the molecule is CCOC(=O)[C@@H](C)OC(=O)C1=C(C)NC(c2nccs2)=N[C@H]1c1ccc(F)cc1Cl. The molecule has 7 nitrogen and oxygen atoms in total. The van der Waals surface area contributed by atoms with Crippen molar-refractivity contribution < 1.29 is 23.5 Å².